The Bertz CT molecular complexity index is 1070. The molecule has 1 aliphatic rings. The molecule has 0 saturated carbocycles. The molecule has 0 unspecified atom stereocenters. The molecule has 4 rings (SSSR count). The van der Waals surface area contributed by atoms with Gasteiger partial charge in [0.25, 0.3) is 5.91 Å². The van der Waals surface area contributed by atoms with Crippen molar-refractivity contribution in [1.29, 1.82) is 0 Å². The van der Waals surface area contributed by atoms with E-state index in [0.717, 1.165) is 30.0 Å². The molecule has 1 fully saturated rings. The van der Waals surface area contributed by atoms with Crippen molar-refractivity contribution in [3.63, 3.8) is 0 Å². The molecule has 0 atom stereocenters. The summed E-state index contributed by atoms with van der Waals surface area (Å²) in [6.45, 7) is 2.84. The van der Waals surface area contributed by atoms with Gasteiger partial charge in [-0.15, -0.1) is 0 Å². The van der Waals surface area contributed by atoms with E-state index in [2.05, 4.69) is 10.2 Å². The van der Waals surface area contributed by atoms with Gasteiger partial charge in [-0.1, -0.05) is 48.5 Å². The van der Waals surface area contributed by atoms with Crippen molar-refractivity contribution in [3.05, 3.63) is 96.6 Å². The molecule has 1 saturated heterocycles. The van der Waals surface area contributed by atoms with E-state index in [1.165, 1.54) is 0 Å². The van der Waals surface area contributed by atoms with Gasteiger partial charge in [0.15, 0.2) is 6.61 Å². The summed E-state index contributed by atoms with van der Waals surface area (Å²) in [5, 5.41) is 2.85. The molecule has 0 spiro atoms. The first-order valence-corrected chi connectivity index (χ1v) is 11.0. The Labute approximate surface area is 194 Å². The summed E-state index contributed by atoms with van der Waals surface area (Å²) in [6, 6.07) is 26.8. The van der Waals surface area contributed by atoms with E-state index < -0.39 is 0 Å². The van der Waals surface area contributed by atoms with Crippen LogP contribution >= 0.6 is 0 Å². The molecule has 0 bridgehead atoms. The zero-order valence-electron chi connectivity index (χ0n) is 18.4. The van der Waals surface area contributed by atoms with Gasteiger partial charge in [-0.2, -0.15) is 0 Å². The van der Waals surface area contributed by atoms with Gasteiger partial charge < -0.3 is 19.9 Å². The van der Waals surface area contributed by atoms with Crippen LogP contribution in [0, 0.1) is 0 Å². The second-order valence-corrected chi connectivity index (χ2v) is 7.75. The van der Waals surface area contributed by atoms with Gasteiger partial charge in [-0.3, -0.25) is 9.59 Å². The highest BCUT2D eigenvalue weighted by Gasteiger charge is 2.19. The SMILES string of the molecule is O=C(COc1ccccc1)Nc1ccc(N2CCN(C(=O)/C=C/c3ccccc3)CC2)cc1. The number of carbonyl (C=O) groups is 2. The molecule has 0 aromatic heterocycles. The first-order chi connectivity index (χ1) is 16.2. The Balaban J connectivity index is 1.23. The fourth-order valence-corrected chi connectivity index (χ4v) is 3.64. The molecule has 1 N–H and O–H groups in total. The molecule has 33 heavy (non-hydrogen) atoms. The standard InChI is InChI=1S/C27H27N3O3/c31-26(21-33-25-9-5-2-6-10-25)28-23-12-14-24(15-13-23)29-17-19-30(20-18-29)27(32)16-11-22-7-3-1-4-8-22/h1-16H,17-21H2,(H,28,31)/b16-11+. The maximum atomic E-state index is 12.5. The van der Waals surface area contributed by atoms with Gasteiger partial charge in [-0.25, -0.2) is 0 Å². The fourth-order valence-electron chi connectivity index (χ4n) is 3.64. The minimum atomic E-state index is -0.206. The summed E-state index contributed by atoms with van der Waals surface area (Å²) in [4.78, 5) is 28.7. The predicted octanol–water partition coefficient (Wildman–Crippen LogP) is 4.07. The van der Waals surface area contributed by atoms with Gasteiger partial charge in [-0.05, 0) is 48.0 Å². The molecule has 3 aromatic rings. The van der Waals surface area contributed by atoms with Gasteiger partial charge in [0.05, 0.1) is 0 Å². The minimum Gasteiger partial charge on any atom is -0.484 e. The summed E-state index contributed by atoms with van der Waals surface area (Å²) in [5.74, 6) is 0.493. The number of amides is 2. The number of nitrogens with zero attached hydrogens (tertiary/aromatic N) is 2. The fraction of sp³-hybridized carbons (Fsp3) is 0.185. The topological polar surface area (TPSA) is 61.9 Å². The Kier molecular flexibility index (Phi) is 7.38. The lowest BCUT2D eigenvalue weighted by Gasteiger charge is -2.35. The number of para-hydroxylation sites is 1. The Hall–Kier alpha value is -4.06. The van der Waals surface area contributed by atoms with Crippen molar-refractivity contribution < 1.29 is 14.3 Å². The molecule has 2 amide bonds. The number of benzene rings is 3. The molecule has 0 radical (unpaired) electrons. The van der Waals surface area contributed by atoms with E-state index in [1.807, 2.05) is 95.9 Å². The molecule has 6 heteroatoms. The highest BCUT2D eigenvalue weighted by molar-refractivity contribution is 5.92. The van der Waals surface area contributed by atoms with Crippen LogP contribution in [0.5, 0.6) is 5.75 Å². The van der Waals surface area contributed by atoms with E-state index in [4.69, 9.17) is 4.74 Å². The largest absolute Gasteiger partial charge is 0.484 e. The van der Waals surface area contributed by atoms with Crippen LogP contribution in [0.3, 0.4) is 0 Å². The van der Waals surface area contributed by atoms with Gasteiger partial charge >= 0.3 is 0 Å². The lowest BCUT2D eigenvalue weighted by atomic mass is 10.2. The predicted molar refractivity (Wildman–Crippen MR) is 131 cm³/mol. The maximum absolute atomic E-state index is 12.5. The number of piperazine rings is 1. The third-order valence-electron chi connectivity index (χ3n) is 5.44. The number of nitrogens with one attached hydrogen (secondary N) is 1. The van der Waals surface area contributed by atoms with Gasteiger partial charge in [0.1, 0.15) is 5.75 Å². The molecular formula is C27H27N3O3. The van der Waals surface area contributed by atoms with Crippen molar-refractivity contribution in [3.8, 4) is 5.75 Å². The Morgan fingerprint density at radius 2 is 1.45 bits per heavy atom. The summed E-state index contributed by atoms with van der Waals surface area (Å²) in [5.41, 5.74) is 2.81. The highest BCUT2D eigenvalue weighted by atomic mass is 16.5. The normalized spacial score (nSPS) is 13.7. The summed E-state index contributed by atoms with van der Waals surface area (Å²) >= 11 is 0. The van der Waals surface area contributed by atoms with Crippen LogP contribution in [-0.2, 0) is 9.59 Å². The summed E-state index contributed by atoms with van der Waals surface area (Å²) in [7, 11) is 0. The molecular weight excluding hydrogens is 414 g/mol. The molecule has 3 aromatic carbocycles. The lowest BCUT2D eigenvalue weighted by molar-refractivity contribution is -0.126. The quantitative estimate of drug-likeness (QED) is 0.562. The molecule has 1 heterocycles. The monoisotopic (exact) mass is 441 g/mol. The van der Waals surface area contributed by atoms with E-state index in [9.17, 15) is 9.59 Å². The zero-order chi connectivity index (χ0) is 22.9. The number of hydrogen-bond donors (Lipinski definition) is 1. The van der Waals surface area contributed by atoms with E-state index in [0.29, 0.717) is 18.8 Å². The summed E-state index contributed by atoms with van der Waals surface area (Å²) in [6.07, 6.45) is 3.50. The number of hydrogen-bond acceptors (Lipinski definition) is 4. The van der Waals surface area contributed by atoms with Crippen LogP contribution in [0.25, 0.3) is 6.08 Å². The van der Waals surface area contributed by atoms with Crippen molar-refractivity contribution in [2.75, 3.05) is 43.0 Å². The van der Waals surface area contributed by atoms with Gasteiger partial charge in [0.2, 0.25) is 5.91 Å². The second kappa shape index (κ2) is 11.0. The van der Waals surface area contributed by atoms with Crippen molar-refractivity contribution in [1.82, 2.24) is 4.90 Å². The highest BCUT2D eigenvalue weighted by Crippen LogP contribution is 2.20. The van der Waals surface area contributed by atoms with Gasteiger partial charge in [0, 0.05) is 43.6 Å². The van der Waals surface area contributed by atoms with Crippen LogP contribution in [0.2, 0.25) is 0 Å². The second-order valence-electron chi connectivity index (χ2n) is 7.75. The number of ether oxygens (including phenoxy) is 1. The third kappa shape index (κ3) is 6.46. The van der Waals surface area contributed by atoms with Crippen molar-refractivity contribution in [2.24, 2.45) is 0 Å². The van der Waals surface area contributed by atoms with E-state index in [-0.39, 0.29) is 18.4 Å². The molecule has 168 valence electrons. The Morgan fingerprint density at radius 3 is 2.12 bits per heavy atom. The first-order valence-electron chi connectivity index (χ1n) is 11.0. The minimum absolute atomic E-state index is 0.0364. The van der Waals surface area contributed by atoms with Crippen LogP contribution in [-0.4, -0.2) is 49.5 Å². The molecule has 6 nitrogen and oxygen atoms in total. The number of anilines is 2. The van der Waals surface area contributed by atoms with E-state index in [1.54, 1.807) is 6.08 Å². The Morgan fingerprint density at radius 1 is 0.818 bits per heavy atom. The number of carbonyl (C=O) groups excluding carboxylic acids is 2. The first kappa shape index (κ1) is 22.1. The van der Waals surface area contributed by atoms with Crippen LogP contribution in [0.1, 0.15) is 5.56 Å². The number of rotatable bonds is 7. The van der Waals surface area contributed by atoms with Crippen molar-refractivity contribution >= 4 is 29.3 Å². The average molecular weight is 442 g/mol. The van der Waals surface area contributed by atoms with Crippen molar-refractivity contribution in [2.45, 2.75) is 0 Å². The zero-order valence-corrected chi connectivity index (χ0v) is 18.4. The smallest absolute Gasteiger partial charge is 0.262 e. The maximum Gasteiger partial charge on any atom is 0.262 e. The van der Waals surface area contributed by atoms with Crippen LogP contribution < -0.4 is 15.0 Å². The van der Waals surface area contributed by atoms with Crippen LogP contribution in [0.15, 0.2) is 91.0 Å². The summed E-state index contributed by atoms with van der Waals surface area (Å²) < 4.78 is 5.47. The molecule has 0 aliphatic carbocycles. The molecule has 1 aliphatic heterocycles. The van der Waals surface area contributed by atoms with Crippen LogP contribution in [0.4, 0.5) is 11.4 Å². The third-order valence-corrected chi connectivity index (χ3v) is 5.44. The van der Waals surface area contributed by atoms with E-state index >= 15 is 0 Å². The average Bonchev–Trinajstić information content (AvgIpc) is 2.88. The lowest BCUT2D eigenvalue weighted by Crippen LogP contribution is -2.48.